The molecule has 4 nitrogen and oxygen atoms in total. The molecule has 0 aliphatic carbocycles. The summed E-state index contributed by atoms with van der Waals surface area (Å²) in [4.78, 5) is 11.3. The molecule has 0 aromatic heterocycles. The summed E-state index contributed by atoms with van der Waals surface area (Å²) in [6, 6.07) is 7.05. The normalized spacial score (nSPS) is 11.9. The van der Waals surface area contributed by atoms with Crippen molar-refractivity contribution in [2.75, 3.05) is 18.9 Å². The molecular weight excluding hydrogens is 206 g/mol. The fraction of sp³-hybridized carbons (Fsp3) is 0.417. The number of rotatable bonds is 5. The topological polar surface area (TPSA) is 61.5 Å². The van der Waals surface area contributed by atoms with E-state index in [4.69, 9.17) is 15.2 Å². The standard InChI is InChI=1S/C12H17NO3/c1-3-15-12(14)9(2)8-16-11-6-4-10(13)5-7-11/h4-7,9H,3,8,13H2,1-2H3. The van der Waals surface area contributed by atoms with Gasteiger partial charge in [0, 0.05) is 5.69 Å². The van der Waals surface area contributed by atoms with Crippen molar-refractivity contribution in [3.05, 3.63) is 24.3 Å². The van der Waals surface area contributed by atoms with Crippen LogP contribution in [-0.4, -0.2) is 19.2 Å². The molecule has 1 rings (SSSR count). The number of anilines is 1. The van der Waals surface area contributed by atoms with Crippen LogP contribution in [0.1, 0.15) is 13.8 Å². The molecule has 0 bridgehead atoms. The third-order valence-corrected chi connectivity index (χ3v) is 2.07. The molecule has 88 valence electrons. The van der Waals surface area contributed by atoms with E-state index in [-0.39, 0.29) is 11.9 Å². The Hall–Kier alpha value is -1.71. The largest absolute Gasteiger partial charge is 0.493 e. The Morgan fingerprint density at radius 3 is 2.56 bits per heavy atom. The van der Waals surface area contributed by atoms with Crippen molar-refractivity contribution >= 4 is 11.7 Å². The SMILES string of the molecule is CCOC(=O)C(C)COc1ccc(N)cc1. The fourth-order valence-corrected chi connectivity index (χ4v) is 1.14. The van der Waals surface area contributed by atoms with Crippen molar-refractivity contribution in [3.8, 4) is 5.75 Å². The number of carbonyl (C=O) groups is 1. The van der Waals surface area contributed by atoms with E-state index >= 15 is 0 Å². The third-order valence-electron chi connectivity index (χ3n) is 2.07. The van der Waals surface area contributed by atoms with Crippen molar-refractivity contribution in [3.63, 3.8) is 0 Å². The first-order chi connectivity index (χ1) is 7.63. The zero-order valence-corrected chi connectivity index (χ0v) is 9.60. The molecule has 0 aliphatic rings. The van der Waals surface area contributed by atoms with E-state index in [0.717, 1.165) is 0 Å². The van der Waals surface area contributed by atoms with E-state index < -0.39 is 0 Å². The maximum Gasteiger partial charge on any atom is 0.312 e. The molecule has 4 heteroatoms. The Labute approximate surface area is 95.3 Å². The number of esters is 1. The van der Waals surface area contributed by atoms with Crippen LogP contribution >= 0.6 is 0 Å². The van der Waals surface area contributed by atoms with Crippen LogP contribution in [0, 0.1) is 5.92 Å². The molecule has 0 heterocycles. The Balaban J connectivity index is 2.39. The van der Waals surface area contributed by atoms with Gasteiger partial charge in [0.05, 0.1) is 12.5 Å². The number of hydrogen-bond donors (Lipinski definition) is 1. The maximum absolute atomic E-state index is 11.3. The predicted octanol–water partition coefficient (Wildman–Crippen LogP) is 1.85. The van der Waals surface area contributed by atoms with Crippen molar-refractivity contribution in [1.29, 1.82) is 0 Å². The van der Waals surface area contributed by atoms with E-state index in [9.17, 15) is 4.79 Å². The lowest BCUT2D eigenvalue weighted by molar-refractivity contribution is -0.148. The second kappa shape index (κ2) is 6.00. The summed E-state index contributed by atoms with van der Waals surface area (Å²) >= 11 is 0. The third kappa shape index (κ3) is 3.81. The average molecular weight is 223 g/mol. The van der Waals surface area contributed by atoms with Crippen molar-refractivity contribution in [2.45, 2.75) is 13.8 Å². The minimum absolute atomic E-state index is 0.238. The summed E-state index contributed by atoms with van der Waals surface area (Å²) in [6.45, 7) is 4.26. The lowest BCUT2D eigenvalue weighted by Gasteiger charge is -2.12. The Bertz CT molecular complexity index is 335. The van der Waals surface area contributed by atoms with Crippen molar-refractivity contribution in [2.24, 2.45) is 5.92 Å². The molecule has 2 N–H and O–H groups in total. The van der Waals surface area contributed by atoms with Crippen LogP contribution in [-0.2, 0) is 9.53 Å². The fourth-order valence-electron chi connectivity index (χ4n) is 1.14. The van der Waals surface area contributed by atoms with Crippen LogP contribution in [0.5, 0.6) is 5.75 Å². The summed E-state index contributed by atoms with van der Waals surface area (Å²) in [7, 11) is 0. The Kier molecular flexibility index (Phi) is 4.64. The molecule has 0 spiro atoms. The molecule has 16 heavy (non-hydrogen) atoms. The van der Waals surface area contributed by atoms with E-state index in [1.807, 2.05) is 0 Å². The quantitative estimate of drug-likeness (QED) is 0.611. The van der Waals surface area contributed by atoms with E-state index in [1.54, 1.807) is 38.1 Å². The van der Waals surface area contributed by atoms with Gasteiger partial charge in [-0.05, 0) is 38.1 Å². The number of carbonyl (C=O) groups excluding carboxylic acids is 1. The van der Waals surface area contributed by atoms with Crippen LogP contribution in [0.2, 0.25) is 0 Å². The maximum atomic E-state index is 11.3. The first-order valence-electron chi connectivity index (χ1n) is 5.28. The minimum Gasteiger partial charge on any atom is -0.493 e. The van der Waals surface area contributed by atoms with Gasteiger partial charge in [0.15, 0.2) is 0 Å². The zero-order valence-electron chi connectivity index (χ0n) is 9.60. The van der Waals surface area contributed by atoms with Crippen molar-refractivity contribution < 1.29 is 14.3 Å². The van der Waals surface area contributed by atoms with Gasteiger partial charge < -0.3 is 15.2 Å². The molecule has 0 radical (unpaired) electrons. The Morgan fingerprint density at radius 2 is 2.00 bits per heavy atom. The van der Waals surface area contributed by atoms with Gasteiger partial charge in [0.2, 0.25) is 0 Å². The minimum atomic E-state index is -0.266. The van der Waals surface area contributed by atoms with Crippen LogP contribution in [0.15, 0.2) is 24.3 Å². The highest BCUT2D eigenvalue weighted by Crippen LogP contribution is 2.14. The van der Waals surface area contributed by atoms with E-state index in [2.05, 4.69) is 0 Å². The van der Waals surface area contributed by atoms with Gasteiger partial charge >= 0.3 is 5.97 Å². The summed E-state index contributed by atoms with van der Waals surface area (Å²) in [5.41, 5.74) is 6.23. The predicted molar refractivity (Wildman–Crippen MR) is 62.1 cm³/mol. The van der Waals surface area contributed by atoms with Gasteiger partial charge in [-0.15, -0.1) is 0 Å². The number of hydrogen-bond acceptors (Lipinski definition) is 4. The molecule has 1 aromatic carbocycles. The number of nitrogen functional groups attached to an aromatic ring is 1. The zero-order chi connectivity index (χ0) is 12.0. The van der Waals surface area contributed by atoms with Gasteiger partial charge in [-0.1, -0.05) is 0 Å². The molecule has 0 amide bonds. The van der Waals surface area contributed by atoms with Gasteiger partial charge in [0.25, 0.3) is 0 Å². The smallest absolute Gasteiger partial charge is 0.312 e. The molecule has 0 fully saturated rings. The molecule has 0 saturated heterocycles. The van der Waals surface area contributed by atoms with E-state index in [1.165, 1.54) is 0 Å². The summed E-state index contributed by atoms with van der Waals surface area (Å²) in [5, 5.41) is 0. The van der Waals surface area contributed by atoms with Gasteiger partial charge in [-0.3, -0.25) is 4.79 Å². The lowest BCUT2D eigenvalue weighted by atomic mass is 10.2. The van der Waals surface area contributed by atoms with Crippen molar-refractivity contribution in [1.82, 2.24) is 0 Å². The summed E-state index contributed by atoms with van der Waals surface area (Å²) in [6.07, 6.45) is 0. The second-order valence-electron chi connectivity index (χ2n) is 3.53. The number of benzene rings is 1. The highest BCUT2D eigenvalue weighted by molar-refractivity contribution is 5.72. The monoisotopic (exact) mass is 223 g/mol. The van der Waals surface area contributed by atoms with E-state index in [0.29, 0.717) is 24.7 Å². The molecule has 1 unspecified atom stereocenters. The molecule has 0 saturated carbocycles. The summed E-state index contributed by atoms with van der Waals surface area (Å²) < 4.78 is 10.3. The first kappa shape index (κ1) is 12.4. The van der Waals surface area contributed by atoms with Crippen LogP contribution < -0.4 is 10.5 Å². The van der Waals surface area contributed by atoms with Crippen LogP contribution in [0.25, 0.3) is 0 Å². The first-order valence-corrected chi connectivity index (χ1v) is 5.28. The lowest BCUT2D eigenvalue weighted by Crippen LogP contribution is -2.21. The van der Waals surface area contributed by atoms with Gasteiger partial charge in [-0.2, -0.15) is 0 Å². The molecule has 0 aliphatic heterocycles. The van der Waals surface area contributed by atoms with Crippen LogP contribution in [0.4, 0.5) is 5.69 Å². The highest BCUT2D eigenvalue weighted by Gasteiger charge is 2.14. The molecule has 1 aromatic rings. The average Bonchev–Trinajstić information content (AvgIpc) is 2.28. The van der Waals surface area contributed by atoms with Crippen LogP contribution in [0.3, 0.4) is 0 Å². The molecule has 1 atom stereocenters. The number of nitrogens with two attached hydrogens (primary N) is 1. The number of ether oxygens (including phenoxy) is 2. The summed E-state index contributed by atoms with van der Waals surface area (Å²) in [5.74, 6) is 0.195. The van der Waals surface area contributed by atoms with Gasteiger partial charge in [-0.25, -0.2) is 0 Å². The Morgan fingerprint density at radius 1 is 1.38 bits per heavy atom. The molecular formula is C12H17NO3. The highest BCUT2D eigenvalue weighted by atomic mass is 16.5. The van der Waals surface area contributed by atoms with Gasteiger partial charge in [0.1, 0.15) is 12.4 Å². The second-order valence-corrected chi connectivity index (χ2v) is 3.53.